The minimum absolute atomic E-state index is 0.0387. The van der Waals surface area contributed by atoms with Gasteiger partial charge in [-0.3, -0.25) is 9.59 Å². The molecule has 4 rings (SSSR count). The zero-order chi connectivity index (χ0) is 28.7. The molecule has 0 saturated heterocycles. The molecule has 1 aliphatic heterocycles. The Labute approximate surface area is 235 Å². The second-order valence-corrected chi connectivity index (χ2v) is 11.6. The number of fused-ring (bicyclic) bond motifs is 2. The Balaban J connectivity index is 1.66. The Bertz CT molecular complexity index is 1520. The van der Waals surface area contributed by atoms with Crippen LogP contribution in [0.1, 0.15) is 16.8 Å². The van der Waals surface area contributed by atoms with Crippen LogP contribution in [0.15, 0.2) is 46.3 Å². The lowest BCUT2D eigenvalue weighted by atomic mass is 10.2. The van der Waals surface area contributed by atoms with Crippen molar-refractivity contribution >= 4 is 43.5 Å². The first-order valence-corrected chi connectivity index (χ1v) is 14.7. The van der Waals surface area contributed by atoms with Crippen LogP contribution in [0.3, 0.4) is 0 Å². The number of carbonyl (C=O) groups is 2. The fraction of sp³-hybridized carbons (Fsp3) is 0.423. The molecule has 1 aromatic heterocycles. The number of aryl methyl sites for hydroxylation is 1. The number of thiazole rings is 1. The summed E-state index contributed by atoms with van der Waals surface area (Å²) < 4.78 is 56.4. The average Bonchev–Trinajstić information content (AvgIpc) is 3.29. The van der Waals surface area contributed by atoms with E-state index in [4.69, 9.17) is 23.7 Å². The topological polar surface area (TPSA) is 135 Å². The highest BCUT2D eigenvalue weighted by Gasteiger charge is 2.24. The van der Waals surface area contributed by atoms with E-state index >= 15 is 0 Å². The monoisotopic (exact) mass is 593 g/mol. The third-order valence-corrected chi connectivity index (χ3v) is 9.09. The van der Waals surface area contributed by atoms with Crippen molar-refractivity contribution in [2.75, 3.05) is 60.8 Å². The largest absolute Gasteiger partial charge is 0.486 e. The zero-order valence-electron chi connectivity index (χ0n) is 22.5. The van der Waals surface area contributed by atoms with Gasteiger partial charge in [0, 0.05) is 51.6 Å². The van der Waals surface area contributed by atoms with E-state index in [9.17, 15) is 18.0 Å². The summed E-state index contributed by atoms with van der Waals surface area (Å²) >= 11 is 1.27. The number of ether oxygens (including phenoxy) is 5. The maximum absolute atomic E-state index is 13.2. The van der Waals surface area contributed by atoms with Crippen LogP contribution in [0.4, 0.5) is 0 Å². The molecule has 3 aromatic rings. The van der Waals surface area contributed by atoms with Crippen LogP contribution in [0.5, 0.6) is 11.5 Å². The standard InChI is InChI=1S/C26H31N3O9S2/c1-34-12-10-28(11-13-35-2)40(32,33)19-6-4-18(5-7-19)25(31)27-26-29(9-8-24(30)36-3)20-16-21-22(17-23(20)39-26)38-15-14-37-21/h4-7,16-17H,8-15H2,1-3H3. The molecular formula is C26H31N3O9S2. The van der Waals surface area contributed by atoms with Crippen molar-refractivity contribution < 1.29 is 41.7 Å². The van der Waals surface area contributed by atoms with E-state index in [1.807, 2.05) is 6.07 Å². The summed E-state index contributed by atoms with van der Waals surface area (Å²) in [5, 5.41) is 0. The molecule has 12 nitrogen and oxygen atoms in total. The Hall–Kier alpha value is -3.30. The Morgan fingerprint density at radius 3 is 2.23 bits per heavy atom. The number of esters is 1. The van der Waals surface area contributed by atoms with Crippen LogP contribution in [-0.2, 0) is 35.6 Å². The molecule has 0 spiro atoms. The van der Waals surface area contributed by atoms with Gasteiger partial charge < -0.3 is 28.3 Å². The van der Waals surface area contributed by atoms with Crippen molar-refractivity contribution in [2.45, 2.75) is 17.9 Å². The van der Waals surface area contributed by atoms with E-state index in [1.54, 1.807) is 10.6 Å². The molecule has 0 N–H and O–H groups in total. The highest BCUT2D eigenvalue weighted by atomic mass is 32.2. The number of hydrogen-bond donors (Lipinski definition) is 0. The minimum atomic E-state index is -3.84. The summed E-state index contributed by atoms with van der Waals surface area (Å²) in [6.07, 6.45) is 0.0767. The molecule has 0 atom stereocenters. The van der Waals surface area contributed by atoms with Gasteiger partial charge in [0.25, 0.3) is 5.91 Å². The van der Waals surface area contributed by atoms with Crippen molar-refractivity contribution in [2.24, 2.45) is 4.99 Å². The molecule has 2 heterocycles. The van der Waals surface area contributed by atoms with Gasteiger partial charge in [-0.15, -0.1) is 0 Å². The summed E-state index contributed by atoms with van der Waals surface area (Å²) in [4.78, 5) is 29.8. The van der Waals surface area contributed by atoms with Crippen molar-refractivity contribution in [3.8, 4) is 11.5 Å². The van der Waals surface area contributed by atoms with Crippen LogP contribution in [0.25, 0.3) is 10.2 Å². The van der Waals surface area contributed by atoms with Crippen molar-refractivity contribution in [1.82, 2.24) is 8.87 Å². The molecule has 0 unspecified atom stereocenters. The molecule has 0 bridgehead atoms. The number of carbonyl (C=O) groups excluding carboxylic acids is 2. The van der Waals surface area contributed by atoms with Gasteiger partial charge in [-0.1, -0.05) is 11.3 Å². The van der Waals surface area contributed by atoms with Gasteiger partial charge >= 0.3 is 5.97 Å². The molecule has 14 heteroatoms. The predicted molar refractivity (Wildman–Crippen MR) is 146 cm³/mol. The molecule has 0 aliphatic carbocycles. The summed E-state index contributed by atoms with van der Waals surface area (Å²) in [6, 6.07) is 9.24. The first-order valence-electron chi connectivity index (χ1n) is 12.5. The molecular weight excluding hydrogens is 562 g/mol. The van der Waals surface area contributed by atoms with E-state index < -0.39 is 21.9 Å². The van der Waals surface area contributed by atoms with Crippen LogP contribution >= 0.6 is 11.3 Å². The summed E-state index contributed by atoms with van der Waals surface area (Å²) in [6.45, 7) is 1.86. The number of methoxy groups -OCH3 is 3. The quantitative estimate of drug-likeness (QED) is 0.289. The molecule has 0 saturated carbocycles. The van der Waals surface area contributed by atoms with E-state index in [1.165, 1.54) is 61.2 Å². The second kappa shape index (κ2) is 13.4. The van der Waals surface area contributed by atoms with Gasteiger partial charge in [0.15, 0.2) is 16.3 Å². The van der Waals surface area contributed by atoms with Gasteiger partial charge in [0.2, 0.25) is 10.0 Å². The van der Waals surface area contributed by atoms with Crippen molar-refractivity contribution in [3.05, 3.63) is 46.8 Å². The van der Waals surface area contributed by atoms with E-state index in [2.05, 4.69) is 4.99 Å². The normalized spacial score (nSPS) is 13.7. The zero-order valence-corrected chi connectivity index (χ0v) is 24.1. The van der Waals surface area contributed by atoms with Gasteiger partial charge in [-0.25, -0.2) is 8.42 Å². The highest BCUT2D eigenvalue weighted by Crippen LogP contribution is 2.35. The molecule has 216 valence electrons. The lowest BCUT2D eigenvalue weighted by molar-refractivity contribution is -0.140. The second-order valence-electron chi connectivity index (χ2n) is 8.66. The SMILES string of the molecule is COCCN(CCOC)S(=O)(=O)c1ccc(C(=O)N=c2sc3cc4c(cc3n2CCC(=O)OC)OCCO4)cc1. The van der Waals surface area contributed by atoms with E-state index in [-0.39, 0.29) is 49.7 Å². The summed E-state index contributed by atoms with van der Waals surface area (Å²) in [5.41, 5.74) is 0.945. The highest BCUT2D eigenvalue weighted by molar-refractivity contribution is 7.89. The van der Waals surface area contributed by atoms with Crippen LogP contribution in [-0.4, -0.2) is 90.0 Å². The number of benzene rings is 2. The molecule has 1 amide bonds. The summed E-state index contributed by atoms with van der Waals surface area (Å²) in [5.74, 6) is 0.210. The minimum Gasteiger partial charge on any atom is -0.486 e. The number of aromatic nitrogens is 1. The maximum atomic E-state index is 13.2. The Kier molecular flexibility index (Phi) is 9.92. The first-order chi connectivity index (χ1) is 19.3. The Morgan fingerprint density at radius 2 is 1.62 bits per heavy atom. The number of rotatable bonds is 12. The number of hydrogen-bond acceptors (Lipinski definition) is 10. The molecule has 2 aromatic carbocycles. The Morgan fingerprint density at radius 1 is 1.00 bits per heavy atom. The third kappa shape index (κ3) is 6.70. The van der Waals surface area contributed by atoms with Gasteiger partial charge in [0.05, 0.1) is 41.9 Å². The van der Waals surface area contributed by atoms with Crippen molar-refractivity contribution in [1.29, 1.82) is 0 Å². The fourth-order valence-corrected chi connectivity index (χ4v) is 6.49. The molecule has 40 heavy (non-hydrogen) atoms. The number of sulfonamides is 1. The van der Waals surface area contributed by atoms with Crippen LogP contribution < -0.4 is 14.3 Å². The molecule has 0 radical (unpaired) electrons. The third-order valence-electron chi connectivity index (χ3n) is 6.14. The van der Waals surface area contributed by atoms with Crippen molar-refractivity contribution in [3.63, 3.8) is 0 Å². The molecule has 0 fully saturated rings. The van der Waals surface area contributed by atoms with Gasteiger partial charge in [-0.05, 0) is 24.3 Å². The summed E-state index contributed by atoms with van der Waals surface area (Å²) in [7, 11) is 0.471. The first kappa shape index (κ1) is 29.7. The van der Waals surface area contributed by atoms with Gasteiger partial charge in [0.1, 0.15) is 13.2 Å². The van der Waals surface area contributed by atoms with Crippen LogP contribution in [0, 0.1) is 0 Å². The van der Waals surface area contributed by atoms with Gasteiger partial charge in [-0.2, -0.15) is 9.30 Å². The smallest absolute Gasteiger partial charge is 0.307 e. The van der Waals surface area contributed by atoms with Crippen LogP contribution in [0.2, 0.25) is 0 Å². The lowest BCUT2D eigenvalue weighted by Gasteiger charge is -2.21. The predicted octanol–water partition coefficient (Wildman–Crippen LogP) is 2.06. The maximum Gasteiger partial charge on any atom is 0.307 e. The number of amides is 1. The average molecular weight is 594 g/mol. The lowest BCUT2D eigenvalue weighted by Crippen LogP contribution is -2.36. The number of nitrogens with zero attached hydrogens (tertiary/aromatic N) is 3. The fourth-order valence-electron chi connectivity index (χ4n) is 4.02. The van der Waals surface area contributed by atoms with E-state index in [0.29, 0.717) is 29.5 Å². The van der Waals surface area contributed by atoms with E-state index in [0.717, 1.165) is 10.2 Å². The molecule has 1 aliphatic rings.